The van der Waals surface area contributed by atoms with Gasteiger partial charge in [0.25, 0.3) is 5.56 Å². The highest BCUT2D eigenvalue weighted by Gasteiger charge is 2.10. The Bertz CT molecular complexity index is 1050. The van der Waals surface area contributed by atoms with Crippen molar-refractivity contribution in [1.29, 1.82) is 0 Å². The molecule has 3 aromatic rings. The molecule has 0 unspecified atom stereocenters. The molecule has 0 aliphatic heterocycles. The van der Waals surface area contributed by atoms with E-state index in [2.05, 4.69) is 37.0 Å². The lowest BCUT2D eigenvalue weighted by molar-refractivity contribution is 0.665. The van der Waals surface area contributed by atoms with E-state index in [-0.39, 0.29) is 11.2 Å². The smallest absolute Gasteiger partial charge is 0.300 e. The second-order valence-corrected chi connectivity index (χ2v) is 6.95. The Balaban J connectivity index is 1.89. The Labute approximate surface area is 149 Å². The Morgan fingerprint density at radius 3 is 2.52 bits per heavy atom. The van der Waals surface area contributed by atoms with Crippen molar-refractivity contribution in [3.63, 3.8) is 0 Å². The van der Waals surface area contributed by atoms with E-state index in [4.69, 9.17) is 0 Å². The van der Waals surface area contributed by atoms with Crippen molar-refractivity contribution in [1.82, 2.24) is 18.7 Å². The molecule has 0 atom stereocenters. The minimum Gasteiger partial charge on any atom is -0.300 e. The number of thioether (sulfide) groups is 1. The van der Waals surface area contributed by atoms with Crippen LogP contribution >= 0.6 is 11.8 Å². The van der Waals surface area contributed by atoms with Gasteiger partial charge in [0, 0.05) is 49.7 Å². The third-order valence-corrected chi connectivity index (χ3v) is 5.35. The van der Waals surface area contributed by atoms with Crippen LogP contribution in [0.15, 0.2) is 51.4 Å². The molecule has 0 amide bonds. The number of hydrogen-bond donors (Lipinski definition) is 0. The lowest BCUT2D eigenvalue weighted by atomic mass is 10.1. The molecule has 0 fully saturated rings. The number of aryl methyl sites for hydroxylation is 2. The first kappa shape index (κ1) is 17.3. The first-order chi connectivity index (χ1) is 11.9. The monoisotopic (exact) mass is 356 g/mol. The van der Waals surface area contributed by atoms with Crippen molar-refractivity contribution in [3.05, 3.63) is 74.3 Å². The molecule has 0 aliphatic rings. The highest BCUT2D eigenvalue weighted by atomic mass is 32.2. The fourth-order valence-corrected chi connectivity index (χ4v) is 3.52. The molecule has 0 aliphatic carbocycles. The number of aromatic nitrogens is 4. The molecule has 0 radical (unpaired) electrons. The summed E-state index contributed by atoms with van der Waals surface area (Å²) in [5.41, 5.74) is 3.56. The lowest BCUT2D eigenvalue weighted by Gasteiger charge is -2.11. The molecular weight excluding hydrogens is 336 g/mol. The summed E-state index contributed by atoms with van der Waals surface area (Å²) in [5, 5.41) is 0.816. The largest absolute Gasteiger partial charge is 0.330 e. The minimum absolute atomic E-state index is 0.295. The Hall–Kier alpha value is -2.54. The highest BCUT2D eigenvalue weighted by Crippen LogP contribution is 2.24. The lowest BCUT2D eigenvalue weighted by Crippen LogP contribution is -2.37. The van der Waals surface area contributed by atoms with E-state index in [1.165, 1.54) is 40.6 Å². The fourth-order valence-electron chi connectivity index (χ4n) is 2.52. The molecule has 2 aromatic heterocycles. The third kappa shape index (κ3) is 3.32. The predicted molar refractivity (Wildman–Crippen MR) is 99.5 cm³/mol. The van der Waals surface area contributed by atoms with Gasteiger partial charge in [-0.05, 0) is 37.1 Å². The summed E-state index contributed by atoms with van der Waals surface area (Å²) in [5.74, 6) is 0.490. The van der Waals surface area contributed by atoms with Gasteiger partial charge in [0.1, 0.15) is 0 Å². The molecule has 0 spiro atoms. The van der Waals surface area contributed by atoms with Gasteiger partial charge >= 0.3 is 5.69 Å². The van der Waals surface area contributed by atoms with E-state index in [9.17, 15) is 9.59 Å². The van der Waals surface area contributed by atoms with Crippen molar-refractivity contribution < 1.29 is 0 Å². The Morgan fingerprint density at radius 2 is 1.80 bits per heavy atom. The molecule has 3 rings (SSSR count). The van der Waals surface area contributed by atoms with Crippen LogP contribution in [0.2, 0.25) is 0 Å². The first-order valence-corrected chi connectivity index (χ1v) is 8.86. The number of nitrogens with zero attached hydrogens (tertiary/aromatic N) is 4. The van der Waals surface area contributed by atoms with Crippen molar-refractivity contribution in [2.45, 2.75) is 24.8 Å². The quantitative estimate of drug-likeness (QED) is 0.672. The SMILES string of the molecule is Cc1ccc(-n2ccnc2SCc2cc(=O)n(C)c(=O)n2C)cc1C. The zero-order valence-corrected chi connectivity index (χ0v) is 15.5. The van der Waals surface area contributed by atoms with Crippen molar-refractivity contribution in [3.8, 4) is 5.69 Å². The maximum Gasteiger partial charge on any atom is 0.330 e. The molecule has 0 N–H and O–H groups in total. The second-order valence-electron chi connectivity index (χ2n) is 6.01. The van der Waals surface area contributed by atoms with E-state index >= 15 is 0 Å². The molecule has 130 valence electrons. The molecule has 7 heteroatoms. The molecule has 0 bridgehead atoms. The maximum absolute atomic E-state index is 12.0. The van der Waals surface area contributed by atoms with Gasteiger partial charge in [0.2, 0.25) is 0 Å². The summed E-state index contributed by atoms with van der Waals surface area (Å²) in [6.07, 6.45) is 3.66. The standard InChI is InChI=1S/C18H20N4O2S/c1-12-5-6-14(9-13(12)2)22-8-7-19-17(22)25-11-15-10-16(23)21(4)18(24)20(15)3/h5-10H,11H2,1-4H3. The van der Waals surface area contributed by atoms with Crippen LogP contribution in [0.1, 0.15) is 16.8 Å². The minimum atomic E-state index is -0.319. The molecule has 6 nitrogen and oxygen atoms in total. The van der Waals surface area contributed by atoms with Gasteiger partial charge < -0.3 is 0 Å². The maximum atomic E-state index is 12.0. The molecule has 0 saturated carbocycles. The van der Waals surface area contributed by atoms with Crippen LogP contribution in [-0.4, -0.2) is 18.7 Å². The van der Waals surface area contributed by atoms with Crippen LogP contribution in [0.5, 0.6) is 0 Å². The average Bonchev–Trinajstić information content (AvgIpc) is 3.06. The Morgan fingerprint density at radius 1 is 1.04 bits per heavy atom. The van der Waals surface area contributed by atoms with Crippen LogP contribution in [0.25, 0.3) is 5.69 Å². The van der Waals surface area contributed by atoms with Gasteiger partial charge in [-0.25, -0.2) is 9.78 Å². The summed E-state index contributed by atoms with van der Waals surface area (Å²) in [6.45, 7) is 4.16. The normalized spacial score (nSPS) is 11.0. The molecule has 0 saturated heterocycles. The molecule has 25 heavy (non-hydrogen) atoms. The van der Waals surface area contributed by atoms with Gasteiger partial charge in [-0.15, -0.1) is 0 Å². The van der Waals surface area contributed by atoms with E-state index in [0.29, 0.717) is 11.4 Å². The van der Waals surface area contributed by atoms with Gasteiger partial charge in [0.05, 0.1) is 0 Å². The number of imidazole rings is 1. The predicted octanol–water partition coefficient (Wildman–Crippen LogP) is 2.18. The van der Waals surface area contributed by atoms with Gasteiger partial charge in [-0.3, -0.25) is 18.5 Å². The third-order valence-electron chi connectivity index (χ3n) is 4.35. The molecular formula is C18H20N4O2S. The van der Waals surface area contributed by atoms with Crippen LogP contribution in [0, 0.1) is 13.8 Å². The average molecular weight is 356 g/mol. The summed E-state index contributed by atoms with van der Waals surface area (Å²) in [6, 6.07) is 7.76. The van der Waals surface area contributed by atoms with Gasteiger partial charge in [0.15, 0.2) is 5.16 Å². The van der Waals surface area contributed by atoms with E-state index in [1.54, 1.807) is 13.2 Å². The molecule has 1 aromatic carbocycles. The zero-order chi connectivity index (χ0) is 18.1. The highest BCUT2D eigenvalue weighted by molar-refractivity contribution is 7.98. The zero-order valence-electron chi connectivity index (χ0n) is 14.7. The number of hydrogen-bond acceptors (Lipinski definition) is 4. The van der Waals surface area contributed by atoms with E-state index in [1.807, 2.05) is 10.8 Å². The first-order valence-electron chi connectivity index (χ1n) is 7.88. The van der Waals surface area contributed by atoms with Crippen molar-refractivity contribution in [2.24, 2.45) is 14.1 Å². The Kier molecular flexibility index (Phi) is 4.67. The second kappa shape index (κ2) is 6.76. The summed E-state index contributed by atoms with van der Waals surface area (Å²) in [7, 11) is 3.15. The van der Waals surface area contributed by atoms with Gasteiger partial charge in [-0.2, -0.15) is 0 Å². The van der Waals surface area contributed by atoms with Crippen LogP contribution in [-0.2, 0) is 19.8 Å². The topological polar surface area (TPSA) is 61.8 Å². The number of rotatable bonds is 4. The van der Waals surface area contributed by atoms with Crippen LogP contribution in [0.4, 0.5) is 0 Å². The van der Waals surface area contributed by atoms with Crippen LogP contribution < -0.4 is 11.2 Å². The van der Waals surface area contributed by atoms with E-state index < -0.39 is 0 Å². The molecule has 2 heterocycles. The summed E-state index contributed by atoms with van der Waals surface area (Å²) in [4.78, 5) is 28.3. The number of benzene rings is 1. The van der Waals surface area contributed by atoms with Gasteiger partial charge in [-0.1, -0.05) is 17.8 Å². The van der Waals surface area contributed by atoms with Crippen LogP contribution in [0.3, 0.4) is 0 Å². The summed E-state index contributed by atoms with van der Waals surface area (Å²) < 4.78 is 4.61. The van der Waals surface area contributed by atoms with Crippen molar-refractivity contribution >= 4 is 11.8 Å². The van der Waals surface area contributed by atoms with E-state index in [0.717, 1.165) is 15.4 Å². The van der Waals surface area contributed by atoms with Crippen molar-refractivity contribution in [2.75, 3.05) is 0 Å². The summed E-state index contributed by atoms with van der Waals surface area (Å²) >= 11 is 1.49. The fraction of sp³-hybridized carbons (Fsp3) is 0.278.